The van der Waals surface area contributed by atoms with E-state index in [9.17, 15) is 4.79 Å². The molecule has 1 aromatic rings. The second-order valence-corrected chi connectivity index (χ2v) is 9.04. The summed E-state index contributed by atoms with van der Waals surface area (Å²) in [6.07, 6.45) is 7.90. The maximum atomic E-state index is 12.8. The summed E-state index contributed by atoms with van der Waals surface area (Å²) in [4.78, 5) is 15.3. The smallest absolute Gasteiger partial charge is 0.315 e. The van der Waals surface area contributed by atoms with E-state index in [2.05, 4.69) is 60.6 Å². The summed E-state index contributed by atoms with van der Waals surface area (Å²) < 4.78 is 0. The number of piperidine rings is 1. The van der Waals surface area contributed by atoms with E-state index in [4.69, 9.17) is 0 Å². The summed E-state index contributed by atoms with van der Waals surface area (Å²) in [7, 11) is 0. The van der Waals surface area contributed by atoms with Gasteiger partial charge in [0.15, 0.2) is 0 Å². The molecule has 1 aromatic carbocycles. The van der Waals surface area contributed by atoms with E-state index in [0.29, 0.717) is 6.04 Å². The average molecular weight is 358 g/mol. The van der Waals surface area contributed by atoms with Crippen LogP contribution in [0.2, 0.25) is 0 Å². The van der Waals surface area contributed by atoms with E-state index < -0.39 is 0 Å². The molecule has 0 bridgehead atoms. The SMILES string of the molecule is CC(C)(C)N1CCC(NC(=O)NC2CCCCC2)(c2ccccc2)CC1. The van der Waals surface area contributed by atoms with E-state index in [1.54, 1.807) is 0 Å². The average Bonchev–Trinajstić information content (AvgIpc) is 2.63. The Hall–Kier alpha value is -1.55. The Balaban J connectivity index is 1.71. The molecule has 1 aliphatic heterocycles. The van der Waals surface area contributed by atoms with E-state index in [-0.39, 0.29) is 17.1 Å². The van der Waals surface area contributed by atoms with Crippen molar-refractivity contribution in [2.45, 2.75) is 82.8 Å². The van der Waals surface area contributed by atoms with Gasteiger partial charge in [-0.2, -0.15) is 0 Å². The first-order valence-corrected chi connectivity index (χ1v) is 10.3. The molecule has 2 fully saturated rings. The lowest BCUT2D eigenvalue weighted by molar-refractivity contribution is 0.0652. The van der Waals surface area contributed by atoms with Crippen LogP contribution in [0.3, 0.4) is 0 Å². The molecular formula is C22H35N3O. The summed E-state index contributed by atoms with van der Waals surface area (Å²) in [6.45, 7) is 8.81. The molecule has 4 nitrogen and oxygen atoms in total. The van der Waals surface area contributed by atoms with Crippen LogP contribution >= 0.6 is 0 Å². The van der Waals surface area contributed by atoms with Crippen molar-refractivity contribution >= 4 is 6.03 Å². The fraction of sp³-hybridized carbons (Fsp3) is 0.682. The number of carbonyl (C=O) groups is 1. The number of rotatable bonds is 3. The molecule has 1 aliphatic carbocycles. The Labute approximate surface area is 158 Å². The third-order valence-electron chi connectivity index (χ3n) is 6.19. The first kappa shape index (κ1) is 19.2. The standard InChI is InChI=1S/C22H35N3O/c1-21(2,3)25-16-14-22(15-17-25,18-10-6-4-7-11-18)24-20(26)23-19-12-8-5-9-13-19/h4,6-7,10-11,19H,5,8-9,12-17H2,1-3H3,(H2,23,24,26). The van der Waals surface area contributed by atoms with Gasteiger partial charge < -0.3 is 10.6 Å². The molecule has 2 N–H and O–H groups in total. The van der Waals surface area contributed by atoms with E-state index in [0.717, 1.165) is 38.8 Å². The first-order valence-electron chi connectivity index (χ1n) is 10.3. The molecule has 144 valence electrons. The molecule has 0 radical (unpaired) electrons. The minimum Gasteiger partial charge on any atom is -0.335 e. The normalized spacial score (nSPS) is 22.0. The lowest BCUT2D eigenvalue weighted by atomic mass is 9.80. The number of nitrogens with zero attached hydrogens (tertiary/aromatic N) is 1. The van der Waals surface area contributed by atoms with E-state index in [1.807, 2.05) is 6.07 Å². The lowest BCUT2D eigenvalue weighted by Crippen LogP contribution is -2.58. The van der Waals surface area contributed by atoms with Crippen LogP contribution < -0.4 is 10.6 Å². The highest BCUT2D eigenvalue weighted by atomic mass is 16.2. The highest BCUT2D eigenvalue weighted by Gasteiger charge is 2.40. The number of hydrogen-bond donors (Lipinski definition) is 2. The van der Waals surface area contributed by atoms with Crippen molar-refractivity contribution in [2.75, 3.05) is 13.1 Å². The van der Waals surface area contributed by atoms with Crippen LogP contribution in [-0.4, -0.2) is 35.6 Å². The van der Waals surface area contributed by atoms with Crippen LogP contribution in [-0.2, 0) is 5.54 Å². The largest absolute Gasteiger partial charge is 0.335 e. The van der Waals surface area contributed by atoms with Crippen LogP contribution in [0.25, 0.3) is 0 Å². The summed E-state index contributed by atoms with van der Waals surface area (Å²) in [5.41, 5.74) is 1.14. The number of benzene rings is 1. The maximum Gasteiger partial charge on any atom is 0.315 e. The molecule has 3 rings (SSSR count). The van der Waals surface area contributed by atoms with Gasteiger partial charge in [0.1, 0.15) is 0 Å². The molecule has 2 amide bonds. The van der Waals surface area contributed by atoms with Crippen molar-refractivity contribution in [3.05, 3.63) is 35.9 Å². The number of hydrogen-bond acceptors (Lipinski definition) is 2. The molecule has 2 aliphatic rings. The Morgan fingerprint density at radius 2 is 1.65 bits per heavy atom. The van der Waals surface area contributed by atoms with Crippen LogP contribution in [0.15, 0.2) is 30.3 Å². The fourth-order valence-electron chi connectivity index (χ4n) is 4.49. The predicted molar refractivity (Wildman–Crippen MR) is 107 cm³/mol. The Bertz CT molecular complexity index is 579. The highest BCUT2D eigenvalue weighted by Crippen LogP contribution is 2.35. The van der Waals surface area contributed by atoms with Gasteiger partial charge in [-0.25, -0.2) is 4.79 Å². The number of amides is 2. The Kier molecular flexibility index (Phi) is 5.91. The molecule has 1 saturated heterocycles. The van der Waals surface area contributed by atoms with Crippen molar-refractivity contribution < 1.29 is 4.79 Å². The minimum atomic E-state index is -0.262. The summed E-state index contributed by atoms with van der Waals surface area (Å²) in [5, 5.41) is 6.63. The zero-order chi connectivity index (χ0) is 18.6. The number of carbonyl (C=O) groups excluding carboxylic acids is 1. The van der Waals surface area contributed by atoms with Gasteiger partial charge in [0, 0.05) is 24.7 Å². The van der Waals surface area contributed by atoms with Crippen LogP contribution in [0, 0.1) is 0 Å². The quantitative estimate of drug-likeness (QED) is 0.842. The van der Waals surface area contributed by atoms with Gasteiger partial charge in [-0.3, -0.25) is 4.90 Å². The van der Waals surface area contributed by atoms with Gasteiger partial charge in [0.25, 0.3) is 0 Å². The predicted octanol–water partition coefficient (Wildman–Crippen LogP) is 4.41. The Morgan fingerprint density at radius 3 is 2.23 bits per heavy atom. The molecule has 4 heteroatoms. The van der Waals surface area contributed by atoms with Crippen molar-refractivity contribution in [1.29, 1.82) is 0 Å². The maximum absolute atomic E-state index is 12.8. The van der Waals surface area contributed by atoms with Crippen LogP contribution in [0.5, 0.6) is 0 Å². The van der Waals surface area contributed by atoms with Crippen LogP contribution in [0.1, 0.15) is 71.3 Å². The minimum absolute atomic E-state index is 0.00459. The second kappa shape index (κ2) is 7.99. The third kappa shape index (κ3) is 4.59. The van der Waals surface area contributed by atoms with Crippen molar-refractivity contribution in [2.24, 2.45) is 0 Å². The molecule has 1 saturated carbocycles. The Morgan fingerprint density at radius 1 is 1.04 bits per heavy atom. The van der Waals surface area contributed by atoms with Crippen molar-refractivity contribution in [1.82, 2.24) is 15.5 Å². The van der Waals surface area contributed by atoms with E-state index >= 15 is 0 Å². The zero-order valence-electron chi connectivity index (χ0n) is 16.7. The second-order valence-electron chi connectivity index (χ2n) is 9.04. The van der Waals surface area contributed by atoms with Gasteiger partial charge in [0.2, 0.25) is 0 Å². The first-order chi connectivity index (χ1) is 12.4. The van der Waals surface area contributed by atoms with Gasteiger partial charge in [0.05, 0.1) is 5.54 Å². The monoisotopic (exact) mass is 357 g/mol. The molecule has 26 heavy (non-hydrogen) atoms. The topological polar surface area (TPSA) is 44.4 Å². The van der Waals surface area contributed by atoms with Crippen molar-refractivity contribution in [3.8, 4) is 0 Å². The van der Waals surface area contributed by atoms with Gasteiger partial charge >= 0.3 is 6.03 Å². The number of nitrogens with one attached hydrogen (secondary N) is 2. The van der Waals surface area contributed by atoms with Gasteiger partial charge in [-0.05, 0) is 52.0 Å². The fourth-order valence-corrected chi connectivity index (χ4v) is 4.49. The van der Waals surface area contributed by atoms with E-state index in [1.165, 1.54) is 24.8 Å². The van der Waals surface area contributed by atoms with Crippen LogP contribution in [0.4, 0.5) is 4.79 Å². The molecule has 0 atom stereocenters. The van der Waals surface area contributed by atoms with Gasteiger partial charge in [-0.15, -0.1) is 0 Å². The summed E-state index contributed by atoms with van der Waals surface area (Å²) >= 11 is 0. The molecule has 1 heterocycles. The summed E-state index contributed by atoms with van der Waals surface area (Å²) in [6, 6.07) is 10.9. The molecular weight excluding hydrogens is 322 g/mol. The van der Waals surface area contributed by atoms with Gasteiger partial charge in [-0.1, -0.05) is 49.6 Å². The van der Waals surface area contributed by atoms with Crippen molar-refractivity contribution in [3.63, 3.8) is 0 Å². The zero-order valence-corrected chi connectivity index (χ0v) is 16.7. The molecule has 0 aromatic heterocycles. The molecule has 0 spiro atoms. The highest BCUT2D eigenvalue weighted by molar-refractivity contribution is 5.75. The number of urea groups is 1. The molecule has 0 unspecified atom stereocenters. The third-order valence-corrected chi connectivity index (χ3v) is 6.19. The lowest BCUT2D eigenvalue weighted by Gasteiger charge is -2.47. The number of likely N-dealkylation sites (tertiary alicyclic amines) is 1. The summed E-state index contributed by atoms with van der Waals surface area (Å²) in [5.74, 6) is 0.